The van der Waals surface area contributed by atoms with Crippen LogP contribution >= 0.6 is 15.9 Å². The fourth-order valence-corrected chi connectivity index (χ4v) is 3.12. The molecule has 4 nitrogen and oxygen atoms in total. The molecule has 1 unspecified atom stereocenters. The molecular weight excluding hydrogens is 308 g/mol. The van der Waals surface area contributed by atoms with Crippen LogP contribution in [0.3, 0.4) is 0 Å². The van der Waals surface area contributed by atoms with Crippen molar-refractivity contribution in [3.8, 4) is 0 Å². The zero-order chi connectivity index (χ0) is 13.8. The van der Waals surface area contributed by atoms with Crippen molar-refractivity contribution in [2.45, 2.75) is 18.9 Å². The van der Waals surface area contributed by atoms with Crippen molar-refractivity contribution in [3.63, 3.8) is 0 Å². The maximum absolute atomic E-state index is 10.8. The number of aliphatic carboxylic acids is 1. The third-order valence-corrected chi connectivity index (χ3v) is 4.27. The van der Waals surface area contributed by atoms with Gasteiger partial charge in [0.15, 0.2) is 0 Å². The number of nitrogens with zero attached hydrogens (tertiary/aromatic N) is 2. The number of likely N-dealkylation sites (N-methyl/N-ethyl adjacent to an activating group) is 1. The summed E-state index contributed by atoms with van der Waals surface area (Å²) in [5.74, 6) is -0.763. The number of hydrogen-bond acceptors (Lipinski definition) is 3. The monoisotopic (exact) mass is 326 g/mol. The van der Waals surface area contributed by atoms with Gasteiger partial charge in [-0.3, -0.25) is 9.69 Å². The first-order valence-corrected chi connectivity index (χ1v) is 7.28. The number of rotatable bonds is 4. The SMILES string of the molecule is CN(CC(=O)O)C1CCCN(c2ccccc2Br)C1. The van der Waals surface area contributed by atoms with Crippen LogP contribution in [0.4, 0.5) is 5.69 Å². The zero-order valence-electron chi connectivity index (χ0n) is 11.1. The van der Waals surface area contributed by atoms with Crippen LogP contribution in [0.5, 0.6) is 0 Å². The van der Waals surface area contributed by atoms with E-state index in [1.165, 1.54) is 5.69 Å². The van der Waals surface area contributed by atoms with E-state index >= 15 is 0 Å². The summed E-state index contributed by atoms with van der Waals surface area (Å²) in [6.07, 6.45) is 2.15. The number of carbonyl (C=O) groups is 1. The lowest BCUT2D eigenvalue weighted by Gasteiger charge is -2.38. The molecule has 1 aliphatic rings. The van der Waals surface area contributed by atoms with Gasteiger partial charge in [0.05, 0.1) is 12.2 Å². The molecule has 0 radical (unpaired) electrons. The summed E-state index contributed by atoms with van der Waals surface area (Å²) < 4.78 is 1.09. The Hall–Kier alpha value is -1.07. The molecule has 1 heterocycles. The van der Waals surface area contributed by atoms with E-state index in [0.717, 1.165) is 30.4 Å². The maximum Gasteiger partial charge on any atom is 0.317 e. The molecule has 0 spiro atoms. The Labute approximate surface area is 122 Å². The molecule has 1 fully saturated rings. The van der Waals surface area contributed by atoms with Crippen molar-refractivity contribution in [2.75, 3.05) is 31.6 Å². The summed E-state index contributed by atoms with van der Waals surface area (Å²) in [5.41, 5.74) is 1.19. The van der Waals surface area contributed by atoms with Gasteiger partial charge in [0, 0.05) is 23.6 Å². The Kier molecular flexibility index (Phi) is 4.82. The van der Waals surface area contributed by atoms with Gasteiger partial charge in [0.1, 0.15) is 0 Å². The molecule has 0 aliphatic carbocycles. The minimum atomic E-state index is -0.763. The normalized spacial score (nSPS) is 19.7. The van der Waals surface area contributed by atoms with Crippen LogP contribution in [-0.2, 0) is 4.79 Å². The lowest BCUT2D eigenvalue weighted by atomic mass is 10.0. The molecule has 1 saturated heterocycles. The predicted molar refractivity (Wildman–Crippen MR) is 79.6 cm³/mol. The second-order valence-corrected chi connectivity index (χ2v) is 5.86. The third-order valence-electron chi connectivity index (χ3n) is 3.60. The van der Waals surface area contributed by atoms with Gasteiger partial charge in [0.2, 0.25) is 0 Å². The second-order valence-electron chi connectivity index (χ2n) is 5.00. The standard InChI is InChI=1S/C14H19BrN2O2/c1-16(10-14(18)19)11-5-4-8-17(9-11)13-7-3-2-6-12(13)15/h2-3,6-7,11H,4-5,8-10H2,1H3,(H,18,19). The highest BCUT2D eigenvalue weighted by Crippen LogP contribution is 2.29. The number of para-hydroxylation sites is 1. The molecule has 1 aromatic rings. The third kappa shape index (κ3) is 3.70. The smallest absolute Gasteiger partial charge is 0.317 e. The fraction of sp³-hybridized carbons (Fsp3) is 0.500. The predicted octanol–water partition coefficient (Wildman–Crippen LogP) is 2.43. The molecule has 104 valence electrons. The van der Waals surface area contributed by atoms with E-state index in [1.807, 2.05) is 30.1 Å². The summed E-state index contributed by atoms with van der Waals surface area (Å²) in [7, 11) is 1.89. The number of anilines is 1. The molecule has 2 rings (SSSR count). The number of benzene rings is 1. The summed E-state index contributed by atoms with van der Waals surface area (Å²) >= 11 is 3.58. The van der Waals surface area contributed by atoms with Gasteiger partial charge in [-0.1, -0.05) is 12.1 Å². The topological polar surface area (TPSA) is 43.8 Å². The van der Waals surface area contributed by atoms with Crippen molar-refractivity contribution >= 4 is 27.6 Å². The van der Waals surface area contributed by atoms with Crippen molar-refractivity contribution in [1.29, 1.82) is 0 Å². The Morgan fingerprint density at radius 3 is 2.95 bits per heavy atom. The van der Waals surface area contributed by atoms with Gasteiger partial charge in [-0.15, -0.1) is 0 Å². The second kappa shape index (κ2) is 6.39. The lowest BCUT2D eigenvalue weighted by Crippen LogP contribution is -2.48. The minimum absolute atomic E-state index is 0.106. The molecule has 5 heteroatoms. The molecule has 19 heavy (non-hydrogen) atoms. The number of carboxylic acid groups (broad SMARTS) is 1. The molecule has 0 bridgehead atoms. The summed E-state index contributed by atoms with van der Waals surface area (Å²) in [6.45, 7) is 2.01. The molecular formula is C14H19BrN2O2. The largest absolute Gasteiger partial charge is 0.480 e. The highest BCUT2D eigenvalue weighted by Gasteiger charge is 2.25. The highest BCUT2D eigenvalue weighted by atomic mass is 79.9. The van der Waals surface area contributed by atoms with E-state index < -0.39 is 5.97 Å². The van der Waals surface area contributed by atoms with Gasteiger partial charge >= 0.3 is 5.97 Å². The first-order valence-electron chi connectivity index (χ1n) is 6.49. The van der Waals surface area contributed by atoms with Crippen LogP contribution in [0.1, 0.15) is 12.8 Å². The first kappa shape index (κ1) is 14.3. The van der Waals surface area contributed by atoms with E-state index in [2.05, 4.69) is 26.9 Å². The van der Waals surface area contributed by atoms with Crippen LogP contribution in [0.2, 0.25) is 0 Å². The van der Waals surface area contributed by atoms with Crippen molar-refractivity contribution in [2.24, 2.45) is 0 Å². The first-order chi connectivity index (χ1) is 9.08. The lowest BCUT2D eigenvalue weighted by molar-refractivity contribution is -0.138. The molecule has 1 aliphatic heterocycles. The average Bonchev–Trinajstić information content (AvgIpc) is 2.38. The van der Waals surface area contributed by atoms with Gasteiger partial charge in [-0.05, 0) is 48.0 Å². The summed E-state index contributed by atoms with van der Waals surface area (Å²) in [6, 6.07) is 8.48. The van der Waals surface area contributed by atoms with E-state index in [1.54, 1.807) is 0 Å². The van der Waals surface area contributed by atoms with Gasteiger partial charge in [-0.25, -0.2) is 0 Å². The van der Waals surface area contributed by atoms with E-state index in [4.69, 9.17) is 5.11 Å². The quantitative estimate of drug-likeness (QED) is 0.922. The summed E-state index contributed by atoms with van der Waals surface area (Å²) in [4.78, 5) is 15.1. The van der Waals surface area contributed by atoms with Crippen LogP contribution in [0.15, 0.2) is 28.7 Å². The number of carboxylic acids is 1. The molecule has 1 atom stereocenters. The van der Waals surface area contributed by atoms with Crippen molar-refractivity contribution in [1.82, 2.24) is 4.90 Å². The van der Waals surface area contributed by atoms with Crippen molar-refractivity contribution < 1.29 is 9.90 Å². The average molecular weight is 327 g/mol. The zero-order valence-corrected chi connectivity index (χ0v) is 12.6. The van der Waals surface area contributed by atoms with Crippen molar-refractivity contribution in [3.05, 3.63) is 28.7 Å². The van der Waals surface area contributed by atoms with E-state index in [0.29, 0.717) is 6.04 Å². The maximum atomic E-state index is 10.8. The number of hydrogen-bond donors (Lipinski definition) is 1. The molecule has 0 amide bonds. The van der Waals surface area contributed by atoms with Crippen LogP contribution < -0.4 is 4.90 Å². The number of halogens is 1. The molecule has 1 aromatic carbocycles. The molecule has 0 aromatic heterocycles. The fourth-order valence-electron chi connectivity index (χ4n) is 2.58. The highest BCUT2D eigenvalue weighted by molar-refractivity contribution is 9.10. The Morgan fingerprint density at radius 1 is 1.53 bits per heavy atom. The van der Waals surface area contributed by atoms with Gasteiger partial charge < -0.3 is 10.0 Å². The van der Waals surface area contributed by atoms with Gasteiger partial charge in [-0.2, -0.15) is 0 Å². The Bertz CT molecular complexity index is 453. The minimum Gasteiger partial charge on any atom is -0.480 e. The Balaban J connectivity index is 2.05. The van der Waals surface area contributed by atoms with Crippen LogP contribution in [0.25, 0.3) is 0 Å². The molecule has 0 saturated carbocycles. The summed E-state index contributed by atoms with van der Waals surface area (Å²) in [5, 5.41) is 8.88. The van der Waals surface area contributed by atoms with Gasteiger partial charge in [0.25, 0.3) is 0 Å². The van der Waals surface area contributed by atoms with E-state index in [-0.39, 0.29) is 6.54 Å². The van der Waals surface area contributed by atoms with Crippen LogP contribution in [0, 0.1) is 0 Å². The van der Waals surface area contributed by atoms with E-state index in [9.17, 15) is 4.79 Å². The van der Waals surface area contributed by atoms with Crippen LogP contribution in [-0.4, -0.2) is 48.7 Å². The Morgan fingerprint density at radius 2 is 2.26 bits per heavy atom. The number of piperidine rings is 1. The molecule has 1 N–H and O–H groups in total.